The van der Waals surface area contributed by atoms with E-state index < -0.39 is 23.9 Å². The molecule has 0 saturated carbocycles. The zero-order valence-electron chi connectivity index (χ0n) is 14.5. The number of fused-ring (bicyclic) bond motifs is 1. The van der Waals surface area contributed by atoms with Crippen LogP contribution in [0.25, 0.3) is 0 Å². The fourth-order valence-electron chi connectivity index (χ4n) is 3.21. The fraction of sp³-hybridized carbons (Fsp3) is 0.471. The van der Waals surface area contributed by atoms with Crippen LogP contribution in [0.5, 0.6) is 11.5 Å². The standard InChI is InChI=1S/C17H20N2O7/c1-9-3-10(15(20)21)7-19(6-9)17(23)18-12-5-14-13(25-8-26-14)4-11(12)16(22)24-2/h4-5,9-10H,3,6-8H2,1-2H3,(H,18,23)(H,20,21). The van der Waals surface area contributed by atoms with Crippen LogP contribution in [0.3, 0.4) is 0 Å². The average molecular weight is 364 g/mol. The zero-order valence-corrected chi connectivity index (χ0v) is 14.5. The van der Waals surface area contributed by atoms with Crippen LogP contribution in [0, 0.1) is 11.8 Å². The van der Waals surface area contributed by atoms with Crippen molar-refractivity contribution in [3.05, 3.63) is 17.7 Å². The van der Waals surface area contributed by atoms with Crippen LogP contribution in [0.1, 0.15) is 23.7 Å². The smallest absolute Gasteiger partial charge is 0.340 e. The van der Waals surface area contributed by atoms with E-state index in [2.05, 4.69) is 5.32 Å². The lowest BCUT2D eigenvalue weighted by atomic mass is 9.91. The molecule has 9 nitrogen and oxygen atoms in total. The van der Waals surface area contributed by atoms with Crippen LogP contribution in [0.4, 0.5) is 10.5 Å². The number of anilines is 1. The average Bonchev–Trinajstić information content (AvgIpc) is 3.07. The summed E-state index contributed by atoms with van der Waals surface area (Å²) in [6.07, 6.45) is 0.524. The molecule has 2 aliphatic rings. The Kier molecular flexibility index (Phi) is 4.88. The summed E-state index contributed by atoms with van der Waals surface area (Å²) < 4.78 is 15.3. The molecule has 1 fully saturated rings. The molecule has 9 heteroatoms. The predicted octanol–water partition coefficient (Wildman–Crippen LogP) is 1.78. The molecule has 1 aromatic carbocycles. The number of piperidine rings is 1. The number of carbonyl (C=O) groups is 3. The summed E-state index contributed by atoms with van der Waals surface area (Å²) in [5, 5.41) is 11.9. The van der Waals surface area contributed by atoms with Gasteiger partial charge in [0.2, 0.25) is 6.79 Å². The second-order valence-electron chi connectivity index (χ2n) is 6.45. The second kappa shape index (κ2) is 7.11. The van der Waals surface area contributed by atoms with Crippen LogP contribution < -0.4 is 14.8 Å². The Hall–Kier alpha value is -2.97. The molecule has 1 aromatic rings. The molecule has 1 saturated heterocycles. The van der Waals surface area contributed by atoms with Crippen molar-refractivity contribution < 1.29 is 33.7 Å². The SMILES string of the molecule is COC(=O)c1cc2c(cc1NC(=O)N1CC(C)CC(C(=O)O)C1)OCO2. The molecule has 0 spiro atoms. The van der Waals surface area contributed by atoms with Gasteiger partial charge >= 0.3 is 18.0 Å². The van der Waals surface area contributed by atoms with Gasteiger partial charge in [0.05, 0.1) is 24.3 Å². The van der Waals surface area contributed by atoms with E-state index in [4.69, 9.17) is 14.2 Å². The number of carboxylic acids is 1. The Balaban J connectivity index is 1.82. The van der Waals surface area contributed by atoms with Crippen LogP contribution in [0.15, 0.2) is 12.1 Å². The highest BCUT2D eigenvalue weighted by atomic mass is 16.7. The minimum Gasteiger partial charge on any atom is -0.481 e. The summed E-state index contributed by atoms with van der Waals surface area (Å²) in [5.74, 6) is -1.31. The molecular weight excluding hydrogens is 344 g/mol. The first kappa shape index (κ1) is 17.8. The van der Waals surface area contributed by atoms with Gasteiger partial charge in [0, 0.05) is 25.2 Å². The van der Waals surface area contributed by atoms with Crippen molar-refractivity contribution in [2.24, 2.45) is 11.8 Å². The van der Waals surface area contributed by atoms with Crippen LogP contribution >= 0.6 is 0 Å². The predicted molar refractivity (Wildman–Crippen MR) is 89.4 cm³/mol. The van der Waals surface area contributed by atoms with Crippen LogP contribution in [0.2, 0.25) is 0 Å². The number of nitrogens with zero attached hydrogens (tertiary/aromatic N) is 1. The lowest BCUT2D eigenvalue weighted by Gasteiger charge is -2.34. The van der Waals surface area contributed by atoms with Gasteiger partial charge in [-0.05, 0) is 12.3 Å². The van der Waals surface area contributed by atoms with Gasteiger partial charge in [0.15, 0.2) is 11.5 Å². The molecule has 0 aliphatic carbocycles. The fourth-order valence-corrected chi connectivity index (χ4v) is 3.21. The lowest BCUT2D eigenvalue weighted by molar-refractivity contribution is -0.143. The molecule has 2 heterocycles. The van der Waals surface area contributed by atoms with E-state index in [-0.39, 0.29) is 30.5 Å². The van der Waals surface area contributed by atoms with Crippen LogP contribution in [-0.4, -0.2) is 55.0 Å². The minimum absolute atomic E-state index is 0.0251. The third-order valence-electron chi connectivity index (χ3n) is 4.46. The number of likely N-dealkylation sites (tertiary alicyclic amines) is 1. The molecule has 140 valence electrons. The molecule has 2 amide bonds. The van der Waals surface area contributed by atoms with Crippen molar-refractivity contribution in [2.75, 3.05) is 32.3 Å². The molecule has 26 heavy (non-hydrogen) atoms. The van der Waals surface area contributed by atoms with E-state index in [0.29, 0.717) is 24.5 Å². The number of benzene rings is 1. The van der Waals surface area contributed by atoms with E-state index >= 15 is 0 Å². The lowest BCUT2D eigenvalue weighted by Crippen LogP contribution is -2.47. The van der Waals surface area contributed by atoms with Gasteiger partial charge in [-0.1, -0.05) is 6.92 Å². The van der Waals surface area contributed by atoms with Gasteiger partial charge < -0.3 is 29.5 Å². The van der Waals surface area contributed by atoms with Crippen LogP contribution in [-0.2, 0) is 9.53 Å². The van der Waals surface area contributed by atoms with E-state index in [0.717, 1.165) is 0 Å². The van der Waals surface area contributed by atoms with Gasteiger partial charge in [-0.25, -0.2) is 9.59 Å². The number of urea groups is 1. The quantitative estimate of drug-likeness (QED) is 0.786. The highest BCUT2D eigenvalue weighted by molar-refractivity contribution is 6.02. The van der Waals surface area contributed by atoms with Crippen molar-refractivity contribution in [1.29, 1.82) is 0 Å². The summed E-state index contributed by atoms with van der Waals surface area (Å²) in [4.78, 5) is 37.4. The summed E-state index contributed by atoms with van der Waals surface area (Å²) in [5.41, 5.74) is 0.348. The third-order valence-corrected chi connectivity index (χ3v) is 4.46. The van der Waals surface area contributed by atoms with Crippen molar-refractivity contribution >= 4 is 23.7 Å². The van der Waals surface area contributed by atoms with E-state index in [9.17, 15) is 19.5 Å². The number of ether oxygens (including phenoxy) is 3. The molecule has 2 N–H and O–H groups in total. The molecule has 0 radical (unpaired) electrons. The maximum absolute atomic E-state index is 12.6. The van der Waals surface area contributed by atoms with Crippen molar-refractivity contribution in [3.63, 3.8) is 0 Å². The summed E-state index contributed by atoms with van der Waals surface area (Å²) in [7, 11) is 1.24. The maximum Gasteiger partial charge on any atom is 0.340 e. The number of amides is 2. The molecule has 0 bridgehead atoms. The Morgan fingerprint density at radius 3 is 2.58 bits per heavy atom. The number of nitrogens with one attached hydrogen (secondary N) is 1. The number of methoxy groups -OCH3 is 1. The van der Waals surface area contributed by atoms with Crippen molar-refractivity contribution in [2.45, 2.75) is 13.3 Å². The number of hydrogen-bond donors (Lipinski definition) is 2. The Morgan fingerprint density at radius 2 is 1.92 bits per heavy atom. The number of esters is 1. The van der Waals surface area contributed by atoms with Gasteiger partial charge in [0.1, 0.15) is 0 Å². The van der Waals surface area contributed by atoms with Crippen molar-refractivity contribution in [3.8, 4) is 11.5 Å². The summed E-state index contributed by atoms with van der Waals surface area (Å²) >= 11 is 0. The third kappa shape index (κ3) is 3.51. The zero-order chi connectivity index (χ0) is 18.8. The van der Waals surface area contributed by atoms with Gasteiger partial charge in [-0.2, -0.15) is 0 Å². The molecule has 2 atom stereocenters. The minimum atomic E-state index is -0.923. The number of hydrogen-bond acceptors (Lipinski definition) is 6. The first-order chi connectivity index (χ1) is 12.4. The topological polar surface area (TPSA) is 114 Å². The number of carboxylic acid groups (broad SMARTS) is 1. The molecule has 2 aliphatic heterocycles. The van der Waals surface area contributed by atoms with Gasteiger partial charge in [-0.15, -0.1) is 0 Å². The molecular formula is C17H20N2O7. The Labute approximate surface area is 149 Å². The summed E-state index contributed by atoms with van der Waals surface area (Å²) in [6.45, 7) is 2.48. The second-order valence-corrected chi connectivity index (χ2v) is 6.45. The number of carbonyl (C=O) groups excluding carboxylic acids is 2. The van der Waals surface area contributed by atoms with E-state index in [1.807, 2.05) is 6.92 Å². The Bertz CT molecular complexity index is 749. The molecule has 2 unspecified atom stereocenters. The summed E-state index contributed by atoms with van der Waals surface area (Å²) in [6, 6.07) is 2.46. The normalized spacial score (nSPS) is 21.2. The molecule has 0 aromatic heterocycles. The highest BCUT2D eigenvalue weighted by Crippen LogP contribution is 2.37. The van der Waals surface area contributed by atoms with Crippen molar-refractivity contribution in [1.82, 2.24) is 4.90 Å². The Morgan fingerprint density at radius 1 is 1.23 bits per heavy atom. The van der Waals surface area contributed by atoms with E-state index in [1.165, 1.54) is 24.1 Å². The number of rotatable bonds is 3. The largest absolute Gasteiger partial charge is 0.481 e. The number of aliphatic carboxylic acids is 1. The van der Waals surface area contributed by atoms with Gasteiger partial charge in [0.25, 0.3) is 0 Å². The molecule has 3 rings (SSSR count). The monoisotopic (exact) mass is 364 g/mol. The van der Waals surface area contributed by atoms with Gasteiger partial charge in [-0.3, -0.25) is 4.79 Å². The first-order valence-electron chi connectivity index (χ1n) is 8.19. The highest BCUT2D eigenvalue weighted by Gasteiger charge is 2.32. The van der Waals surface area contributed by atoms with E-state index in [1.54, 1.807) is 0 Å². The maximum atomic E-state index is 12.6. The first-order valence-corrected chi connectivity index (χ1v) is 8.19.